The van der Waals surface area contributed by atoms with Gasteiger partial charge in [-0.15, -0.1) is 11.3 Å². The highest BCUT2D eigenvalue weighted by molar-refractivity contribution is 7.16. The van der Waals surface area contributed by atoms with E-state index in [2.05, 4.69) is 10.1 Å². The molecular weight excluding hydrogens is 430 g/mol. The van der Waals surface area contributed by atoms with Gasteiger partial charge in [0, 0.05) is 11.1 Å². The van der Waals surface area contributed by atoms with E-state index >= 15 is 0 Å². The highest BCUT2D eigenvalue weighted by Crippen LogP contribution is 2.45. The van der Waals surface area contributed by atoms with Crippen LogP contribution >= 0.6 is 11.3 Å². The Bertz CT molecular complexity index is 1160. The molecule has 0 aliphatic heterocycles. The molecule has 0 radical (unpaired) electrons. The van der Waals surface area contributed by atoms with Gasteiger partial charge in [-0.05, 0) is 23.8 Å². The molecule has 0 aliphatic rings. The first-order valence-corrected chi connectivity index (χ1v) is 9.23. The maximum absolute atomic E-state index is 13.5. The lowest BCUT2D eigenvalue weighted by molar-refractivity contribution is -0.137. The van der Waals surface area contributed by atoms with E-state index in [-0.39, 0.29) is 27.7 Å². The summed E-state index contributed by atoms with van der Waals surface area (Å²) >= 11 is 0.459. The number of rotatable bonds is 3. The van der Waals surface area contributed by atoms with Crippen molar-refractivity contribution >= 4 is 11.3 Å². The summed E-state index contributed by atoms with van der Waals surface area (Å²) in [5.74, 6) is -0.176. The summed E-state index contributed by atoms with van der Waals surface area (Å²) in [6, 6.07) is 13.4. The minimum atomic E-state index is -4.58. The third kappa shape index (κ3) is 3.95. The average molecular weight is 440 g/mol. The van der Waals surface area contributed by atoms with Gasteiger partial charge >= 0.3 is 12.4 Å². The fraction of sp³-hybridized carbons (Fsp3) is 0.100. The van der Waals surface area contributed by atoms with Crippen LogP contribution in [-0.2, 0) is 12.4 Å². The first-order chi connectivity index (χ1) is 14.1. The fourth-order valence-corrected chi connectivity index (χ4v) is 3.76. The van der Waals surface area contributed by atoms with Gasteiger partial charge in [0.2, 0.25) is 5.82 Å². The predicted octanol–water partition coefficient (Wildman–Crippen LogP) is 7.17. The lowest BCUT2D eigenvalue weighted by atomic mass is 10.1. The molecule has 0 bridgehead atoms. The van der Waals surface area contributed by atoms with Crippen molar-refractivity contribution in [3.8, 4) is 33.3 Å². The van der Waals surface area contributed by atoms with Gasteiger partial charge in [0.25, 0.3) is 5.89 Å². The maximum Gasteiger partial charge on any atom is 0.426 e. The molecule has 2 aromatic heterocycles. The van der Waals surface area contributed by atoms with E-state index in [1.54, 1.807) is 30.3 Å². The van der Waals surface area contributed by atoms with Crippen molar-refractivity contribution in [2.24, 2.45) is 0 Å². The van der Waals surface area contributed by atoms with Crippen LogP contribution in [0.4, 0.5) is 26.3 Å². The Balaban J connectivity index is 1.71. The van der Waals surface area contributed by atoms with Crippen molar-refractivity contribution < 1.29 is 30.9 Å². The van der Waals surface area contributed by atoms with E-state index in [1.807, 2.05) is 0 Å². The largest absolute Gasteiger partial charge is 0.426 e. The van der Waals surface area contributed by atoms with E-state index < -0.39 is 22.8 Å². The Morgan fingerprint density at radius 2 is 1.43 bits per heavy atom. The number of nitrogens with zero attached hydrogens (tertiary/aromatic N) is 2. The number of hydrogen-bond acceptors (Lipinski definition) is 4. The summed E-state index contributed by atoms with van der Waals surface area (Å²) in [5.41, 5.74) is -0.225. The molecule has 3 nitrogen and oxygen atoms in total. The Labute approximate surface area is 169 Å². The van der Waals surface area contributed by atoms with Gasteiger partial charge in [0.05, 0.1) is 10.4 Å². The molecule has 4 rings (SSSR count). The molecule has 0 fully saturated rings. The summed E-state index contributed by atoms with van der Waals surface area (Å²) in [7, 11) is 0. The molecular formula is C20H10F6N2OS. The number of alkyl halides is 6. The molecule has 0 spiro atoms. The van der Waals surface area contributed by atoms with Crippen LogP contribution in [-0.4, -0.2) is 10.1 Å². The molecule has 30 heavy (non-hydrogen) atoms. The number of benzene rings is 2. The van der Waals surface area contributed by atoms with Crippen molar-refractivity contribution in [1.29, 1.82) is 0 Å². The average Bonchev–Trinajstić information content (AvgIpc) is 3.35. The molecule has 0 saturated heterocycles. The molecule has 154 valence electrons. The molecule has 0 N–H and O–H groups in total. The maximum atomic E-state index is 13.5. The Morgan fingerprint density at radius 3 is 2.03 bits per heavy atom. The topological polar surface area (TPSA) is 38.9 Å². The second-order valence-electron chi connectivity index (χ2n) is 6.22. The summed E-state index contributed by atoms with van der Waals surface area (Å²) in [5, 5.41) is 3.69. The van der Waals surface area contributed by atoms with Crippen LogP contribution < -0.4 is 0 Å². The monoisotopic (exact) mass is 440 g/mol. The standard InChI is InChI=1S/C20H10F6N2OS/c21-19(22,23)13-8-6-12(7-9-13)17-27-18(29-28-17)15-10-14(11-4-2-1-3-5-11)16(30-15)20(24,25)26/h1-10H. The minimum Gasteiger partial charge on any atom is -0.333 e. The highest BCUT2D eigenvalue weighted by Gasteiger charge is 2.37. The number of halogens is 6. The molecule has 0 atom stereocenters. The van der Waals surface area contributed by atoms with Gasteiger partial charge in [-0.1, -0.05) is 47.6 Å². The van der Waals surface area contributed by atoms with Gasteiger partial charge in [-0.2, -0.15) is 31.3 Å². The zero-order chi connectivity index (χ0) is 21.5. The SMILES string of the molecule is FC(F)(F)c1ccc(-c2noc(-c3cc(-c4ccccc4)c(C(F)(F)F)s3)n2)cc1. The van der Waals surface area contributed by atoms with Crippen molar-refractivity contribution in [1.82, 2.24) is 10.1 Å². The second kappa shape index (κ2) is 7.28. The Hall–Kier alpha value is -3.14. The van der Waals surface area contributed by atoms with Crippen LogP contribution in [0, 0.1) is 0 Å². The second-order valence-corrected chi connectivity index (χ2v) is 7.27. The number of thiophene rings is 1. The van der Waals surface area contributed by atoms with E-state index in [9.17, 15) is 26.3 Å². The van der Waals surface area contributed by atoms with Gasteiger partial charge < -0.3 is 4.52 Å². The van der Waals surface area contributed by atoms with E-state index in [0.717, 1.165) is 12.1 Å². The smallest absolute Gasteiger partial charge is 0.333 e. The van der Waals surface area contributed by atoms with Gasteiger partial charge in [0.15, 0.2) is 0 Å². The van der Waals surface area contributed by atoms with E-state index in [4.69, 9.17) is 4.52 Å². The van der Waals surface area contributed by atoms with Crippen LogP contribution in [0.25, 0.3) is 33.3 Å². The Kier molecular flexibility index (Phi) is 4.89. The minimum absolute atomic E-state index is 0.0163. The summed E-state index contributed by atoms with van der Waals surface area (Å²) < 4.78 is 83.7. The number of aromatic nitrogens is 2. The van der Waals surface area contributed by atoms with Crippen LogP contribution in [0.2, 0.25) is 0 Å². The van der Waals surface area contributed by atoms with Crippen molar-refractivity contribution in [2.45, 2.75) is 12.4 Å². The molecule has 0 unspecified atom stereocenters. The Morgan fingerprint density at radius 1 is 0.767 bits per heavy atom. The van der Waals surface area contributed by atoms with Gasteiger partial charge in [-0.3, -0.25) is 0 Å². The molecule has 10 heteroatoms. The number of hydrogen-bond donors (Lipinski definition) is 0. The fourth-order valence-electron chi connectivity index (χ4n) is 2.79. The van der Waals surface area contributed by atoms with E-state index in [1.165, 1.54) is 18.2 Å². The third-order valence-electron chi connectivity index (χ3n) is 4.18. The molecule has 4 aromatic rings. The van der Waals surface area contributed by atoms with Crippen LogP contribution in [0.15, 0.2) is 65.2 Å². The zero-order valence-corrected chi connectivity index (χ0v) is 15.6. The molecule has 0 saturated carbocycles. The predicted molar refractivity (Wildman–Crippen MR) is 98.5 cm³/mol. The van der Waals surface area contributed by atoms with Crippen molar-refractivity contribution in [2.75, 3.05) is 0 Å². The third-order valence-corrected chi connectivity index (χ3v) is 5.35. The first-order valence-electron chi connectivity index (χ1n) is 8.41. The lowest BCUT2D eigenvalue weighted by Crippen LogP contribution is -2.04. The highest BCUT2D eigenvalue weighted by atomic mass is 32.1. The van der Waals surface area contributed by atoms with Gasteiger partial charge in [-0.25, -0.2) is 0 Å². The van der Waals surface area contributed by atoms with E-state index in [0.29, 0.717) is 16.9 Å². The van der Waals surface area contributed by atoms with Gasteiger partial charge in [0.1, 0.15) is 4.88 Å². The molecule has 2 heterocycles. The van der Waals surface area contributed by atoms with Crippen molar-refractivity contribution in [3.63, 3.8) is 0 Å². The van der Waals surface area contributed by atoms with Crippen LogP contribution in [0.3, 0.4) is 0 Å². The molecule has 0 aliphatic carbocycles. The molecule has 2 aromatic carbocycles. The van der Waals surface area contributed by atoms with Crippen LogP contribution in [0.1, 0.15) is 10.4 Å². The summed E-state index contributed by atoms with van der Waals surface area (Å²) in [6.07, 6.45) is -9.07. The lowest BCUT2D eigenvalue weighted by Gasteiger charge is -2.07. The zero-order valence-electron chi connectivity index (χ0n) is 14.8. The normalized spacial score (nSPS) is 12.3. The summed E-state index contributed by atoms with van der Waals surface area (Å²) in [4.78, 5) is 3.35. The van der Waals surface area contributed by atoms with Crippen LogP contribution in [0.5, 0.6) is 0 Å². The quantitative estimate of drug-likeness (QED) is 0.317. The summed E-state index contributed by atoms with van der Waals surface area (Å²) in [6.45, 7) is 0. The van der Waals surface area contributed by atoms with Crippen molar-refractivity contribution in [3.05, 3.63) is 71.1 Å². The molecule has 0 amide bonds. The first kappa shape index (κ1) is 20.1.